The summed E-state index contributed by atoms with van der Waals surface area (Å²) in [6, 6.07) is 14.7. The van der Waals surface area contributed by atoms with E-state index in [0.29, 0.717) is 36.9 Å². The molecule has 3 aliphatic rings. The van der Waals surface area contributed by atoms with E-state index in [1.165, 1.54) is 24.8 Å². The minimum atomic E-state index is -0.780. The van der Waals surface area contributed by atoms with Crippen molar-refractivity contribution in [2.75, 3.05) is 12.4 Å². The van der Waals surface area contributed by atoms with E-state index < -0.39 is 5.54 Å². The summed E-state index contributed by atoms with van der Waals surface area (Å²) in [7, 11) is 1.58. The zero-order valence-corrected chi connectivity index (χ0v) is 23.7. The van der Waals surface area contributed by atoms with Gasteiger partial charge in [-0.05, 0) is 54.0 Å². The Morgan fingerprint density at radius 3 is 2.66 bits per heavy atom. The van der Waals surface area contributed by atoms with Crippen molar-refractivity contribution < 1.29 is 14.3 Å². The van der Waals surface area contributed by atoms with Gasteiger partial charge in [-0.25, -0.2) is 4.79 Å². The topological polar surface area (TPSA) is 119 Å². The van der Waals surface area contributed by atoms with Crippen LogP contribution in [-0.4, -0.2) is 41.7 Å². The second kappa shape index (κ2) is 13.0. The van der Waals surface area contributed by atoms with Crippen LogP contribution in [0.15, 0.2) is 65.3 Å². The van der Waals surface area contributed by atoms with Crippen LogP contribution >= 0.6 is 0 Å². The molecule has 1 saturated heterocycles. The van der Waals surface area contributed by atoms with Crippen LogP contribution in [0, 0.1) is 11.3 Å². The molecule has 1 unspecified atom stereocenters. The van der Waals surface area contributed by atoms with Gasteiger partial charge in [0, 0.05) is 37.1 Å². The number of ether oxygens (including phenoxy) is 1. The monoisotopic (exact) mass is 556 g/mol. The molecule has 9 heteroatoms. The van der Waals surface area contributed by atoms with Crippen LogP contribution in [0.4, 0.5) is 10.5 Å². The second-order valence-electron chi connectivity index (χ2n) is 11.3. The van der Waals surface area contributed by atoms with E-state index in [4.69, 9.17) is 10.1 Å². The molecule has 1 saturated carbocycles. The molecule has 2 heterocycles. The summed E-state index contributed by atoms with van der Waals surface area (Å²) in [5.74, 6) is 1.33. The van der Waals surface area contributed by atoms with Crippen LogP contribution in [0.25, 0.3) is 0 Å². The van der Waals surface area contributed by atoms with Gasteiger partial charge in [-0.15, -0.1) is 0 Å². The molecule has 3 amide bonds. The summed E-state index contributed by atoms with van der Waals surface area (Å²) < 4.78 is 5.20. The molecule has 2 aromatic carbocycles. The molecule has 5 rings (SSSR count). The highest BCUT2D eigenvalue weighted by atomic mass is 16.5. The van der Waals surface area contributed by atoms with E-state index in [2.05, 4.69) is 20.9 Å². The summed E-state index contributed by atoms with van der Waals surface area (Å²) in [4.78, 5) is 32.3. The molecule has 0 spiro atoms. The number of nitrogens with one attached hydrogen (secondary N) is 4. The maximum atomic E-state index is 14.0. The first kappa shape index (κ1) is 28.4. The minimum absolute atomic E-state index is 0.0107. The van der Waals surface area contributed by atoms with Crippen molar-refractivity contribution in [1.82, 2.24) is 15.5 Å². The number of aliphatic imine (C=N–C) groups is 1. The number of methoxy groups -OCH3 is 1. The minimum Gasteiger partial charge on any atom is -0.497 e. The van der Waals surface area contributed by atoms with E-state index in [1.54, 1.807) is 24.1 Å². The zero-order valence-electron chi connectivity index (χ0n) is 23.7. The van der Waals surface area contributed by atoms with Gasteiger partial charge >= 0.3 is 6.03 Å². The molecule has 4 N–H and O–H groups in total. The number of rotatable bonds is 10. The number of nitrogens with zero attached hydrogens (tertiary/aromatic N) is 2. The molecule has 2 aliphatic heterocycles. The zero-order chi connectivity index (χ0) is 28.7. The fraction of sp³-hybridized carbons (Fsp3) is 0.438. The van der Waals surface area contributed by atoms with E-state index in [-0.39, 0.29) is 17.9 Å². The third kappa shape index (κ3) is 7.14. The Morgan fingerprint density at radius 2 is 1.93 bits per heavy atom. The number of anilines is 1. The van der Waals surface area contributed by atoms with Gasteiger partial charge in [-0.1, -0.05) is 62.4 Å². The average molecular weight is 557 g/mol. The van der Waals surface area contributed by atoms with Crippen LogP contribution in [0.5, 0.6) is 5.75 Å². The number of guanidine groups is 1. The average Bonchev–Trinajstić information content (AvgIpc) is 3.21. The highest BCUT2D eigenvalue weighted by Crippen LogP contribution is 2.38. The van der Waals surface area contributed by atoms with Crippen molar-refractivity contribution in [3.05, 3.63) is 71.4 Å². The smallest absolute Gasteiger partial charge is 0.319 e. The predicted molar refractivity (Wildman–Crippen MR) is 161 cm³/mol. The number of carbonyl (C=O) groups excluding carboxylic acids is 2. The van der Waals surface area contributed by atoms with Crippen LogP contribution in [0.3, 0.4) is 0 Å². The van der Waals surface area contributed by atoms with Gasteiger partial charge in [0.15, 0.2) is 5.96 Å². The van der Waals surface area contributed by atoms with Gasteiger partial charge in [0.1, 0.15) is 11.3 Å². The largest absolute Gasteiger partial charge is 0.497 e. The van der Waals surface area contributed by atoms with Gasteiger partial charge in [-0.3, -0.25) is 20.1 Å². The van der Waals surface area contributed by atoms with Crippen molar-refractivity contribution in [3.63, 3.8) is 0 Å². The van der Waals surface area contributed by atoms with Crippen LogP contribution in [-0.2, 0) is 17.9 Å². The lowest BCUT2D eigenvalue weighted by Crippen LogP contribution is -2.49. The summed E-state index contributed by atoms with van der Waals surface area (Å²) in [6.45, 7) is 0.691. The Bertz CT molecular complexity index is 1310. The molecular formula is C32H40N6O3. The van der Waals surface area contributed by atoms with E-state index in [1.807, 2.05) is 48.8 Å². The normalized spacial score (nSPS) is 20.9. The summed E-state index contributed by atoms with van der Waals surface area (Å²) in [5.41, 5.74) is 2.91. The maximum Gasteiger partial charge on any atom is 0.319 e. The molecule has 1 atom stereocenters. The quantitative estimate of drug-likeness (QED) is 0.299. The van der Waals surface area contributed by atoms with Crippen LogP contribution in [0.2, 0.25) is 0 Å². The first-order valence-corrected chi connectivity index (χ1v) is 14.6. The number of urea groups is 1. The third-order valence-corrected chi connectivity index (χ3v) is 8.27. The van der Waals surface area contributed by atoms with E-state index in [0.717, 1.165) is 43.2 Å². The fourth-order valence-corrected chi connectivity index (χ4v) is 6.15. The molecule has 1 aliphatic carbocycles. The first-order chi connectivity index (χ1) is 19.9. The Kier molecular flexibility index (Phi) is 9.01. The second-order valence-corrected chi connectivity index (χ2v) is 11.3. The molecule has 216 valence electrons. The van der Waals surface area contributed by atoms with E-state index in [9.17, 15) is 9.59 Å². The third-order valence-electron chi connectivity index (χ3n) is 8.27. The standard InChI is InChI=1S/C32H40N6O3/c1-41-28-11-5-10-27(17-28)36-31(40)35-21-24-12-14-25(15-13-24)22-38-29(39)32(37-30(38)33,18-23-7-3-2-4-8-23)19-26-9-6-16-34-20-26/h5,10-17,20,23H,2-4,6-9,18-19,21-22H2,1H3,(H2,33,37)(H2,35,36,40). The van der Waals surface area contributed by atoms with Gasteiger partial charge in [0.25, 0.3) is 5.91 Å². The molecule has 9 nitrogen and oxygen atoms in total. The highest BCUT2D eigenvalue weighted by Gasteiger charge is 2.50. The number of hydrogen-bond donors (Lipinski definition) is 4. The SMILES string of the molecule is COc1cccc(NC(=O)NCc2ccc(CN3C(=N)NC(CC4=CN=CCC4)(CC4CCCCC4)C3=O)cc2)c1. The lowest BCUT2D eigenvalue weighted by atomic mass is 9.76. The fourth-order valence-electron chi connectivity index (χ4n) is 6.15. The van der Waals surface area contributed by atoms with Gasteiger partial charge in [-0.2, -0.15) is 0 Å². The van der Waals surface area contributed by atoms with Crippen molar-refractivity contribution >= 4 is 29.8 Å². The molecule has 0 bridgehead atoms. The van der Waals surface area contributed by atoms with E-state index >= 15 is 0 Å². The Balaban J connectivity index is 1.20. The Hall–Kier alpha value is -4.14. The molecule has 2 fully saturated rings. The van der Waals surface area contributed by atoms with Crippen LogP contribution in [0.1, 0.15) is 68.9 Å². The molecule has 41 heavy (non-hydrogen) atoms. The summed E-state index contributed by atoms with van der Waals surface area (Å²) >= 11 is 0. The molecule has 2 aromatic rings. The number of hydrogen-bond acceptors (Lipinski definition) is 5. The molecule has 0 radical (unpaired) electrons. The predicted octanol–water partition coefficient (Wildman–Crippen LogP) is 5.73. The van der Waals surface area contributed by atoms with Gasteiger partial charge in [0.05, 0.1) is 13.7 Å². The lowest BCUT2D eigenvalue weighted by Gasteiger charge is -2.34. The number of carbonyl (C=O) groups is 2. The highest BCUT2D eigenvalue weighted by molar-refractivity contribution is 6.08. The van der Waals surface area contributed by atoms with Crippen molar-refractivity contribution in [2.45, 2.75) is 76.4 Å². The Labute approximate surface area is 242 Å². The number of benzene rings is 2. The molecule has 0 aromatic heterocycles. The Morgan fingerprint density at radius 1 is 1.15 bits per heavy atom. The summed E-state index contributed by atoms with van der Waals surface area (Å²) in [5, 5.41) is 17.8. The van der Waals surface area contributed by atoms with Crippen molar-refractivity contribution in [3.8, 4) is 5.75 Å². The lowest BCUT2D eigenvalue weighted by molar-refractivity contribution is -0.132. The van der Waals surface area contributed by atoms with Gasteiger partial charge in [0.2, 0.25) is 0 Å². The van der Waals surface area contributed by atoms with Crippen LogP contribution < -0.4 is 20.7 Å². The van der Waals surface area contributed by atoms with Crippen molar-refractivity contribution in [2.24, 2.45) is 10.9 Å². The summed E-state index contributed by atoms with van der Waals surface area (Å²) in [6.07, 6.45) is 13.0. The van der Waals surface area contributed by atoms with Gasteiger partial charge < -0.3 is 20.7 Å². The molecular weight excluding hydrogens is 516 g/mol. The van der Waals surface area contributed by atoms with Crippen molar-refractivity contribution in [1.29, 1.82) is 5.41 Å². The maximum absolute atomic E-state index is 14.0. The first-order valence-electron chi connectivity index (χ1n) is 14.6. The number of amides is 3.